The molecule has 2 aromatic carbocycles. The molecule has 0 N–H and O–H groups in total. The number of amides is 1. The average Bonchev–Trinajstić information content (AvgIpc) is 2.67. The summed E-state index contributed by atoms with van der Waals surface area (Å²) < 4.78 is 39.4. The summed E-state index contributed by atoms with van der Waals surface area (Å²) in [6, 6.07) is 12.0. The average molecular weight is 376 g/mol. The molecule has 4 nitrogen and oxygen atoms in total. The Morgan fingerprint density at radius 1 is 0.889 bits per heavy atom. The maximum Gasteiger partial charge on any atom is 0.417 e. The summed E-state index contributed by atoms with van der Waals surface area (Å²) in [5.41, 5.74) is 0.320. The van der Waals surface area contributed by atoms with E-state index >= 15 is 0 Å². The highest BCUT2D eigenvalue weighted by atomic mass is 19.4. The molecule has 1 aliphatic rings. The molecule has 27 heavy (non-hydrogen) atoms. The van der Waals surface area contributed by atoms with Gasteiger partial charge in [-0.05, 0) is 43.3 Å². The van der Waals surface area contributed by atoms with E-state index in [1.54, 1.807) is 12.1 Å². The lowest BCUT2D eigenvalue weighted by Crippen LogP contribution is -2.49. The van der Waals surface area contributed by atoms with Gasteiger partial charge in [0, 0.05) is 37.4 Å². The molecular formula is C20H19F3N2O2. The molecule has 2 aromatic rings. The van der Waals surface area contributed by atoms with E-state index in [0.717, 1.165) is 11.8 Å². The summed E-state index contributed by atoms with van der Waals surface area (Å²) in [4.78, 5) is 27.4. The molecule has 7 heteroatoms. The highest BCUT2D eigenvalue weighted by molar-refractivity contribution is 5.96. The zero-order chi connectivity index (χ0) is 19.6. The normalized spacial score (nSPS) is 15.0. The first kappa shape index (κ1) is 18.9. The van der Waals surface area contributed by atoms with E-state index in [1.165, 1.54) is 30.0 Å². The van der Waals surface area contributed by atoms with E-state index in [9.17, 15) is 22.8 Å². The lowest BCUT2D eigenvalue weighted by Gasteiger charge is -2.36. The lowest BCUT2D eigenvalue weighted by atomic mass is 10.1. The van der Waals surface area contributed by atoms with Crippen LogP contribution in [0, 0.1) is 0 Å². The third-order valence-corrected chi connectivity index (χ3v) is 4.67. The van der Waals surface area contributed by atoms with Crippen molar-refractivity contribution >= 4 is 17.4 Å². The molecule has 1 heterocycles. The highest BCUT2D eigenvalue weighted by Gasteiger charge is 2.36. The third kappa shape index (κ3) is 4.13. The maximum absolute atomic E-state index is 13.1. The number of carbonyl (C=O) groups excluding carboxylic acids is 2. The number of ketones is 1. The number of rotatable bonds is 3. The molecule has 0 unspecified atom stereocenters. The standard InChI is InChI=1S/C20H19F3N2O2/c1-14(26)15-6-8-16(9-7-15)24-10-12-25(13-11-24)19(27)17-4-2-3-5-18(17)20(21,22)23/h2-9H,10-13H2,1H3. The largest absolute Gasteiger partial charge is 0.417 e. The van der Waals surface area contributed by atoms with Crippen molar-refractivity contribution < 1.29 is 22.8 Å². The first-order valence-corrected chi connectivity index (χ1v) is 8.59. The van der Waals surface area contributed by atoms with Gasteiger partial charge >= 0.3 is 6.18 Å². The van der Waals surface area contributed by atoms with E-state index in [-0.39, 0.29) is 11.3 Å². The van der Waals surface area contributed by atoms with Crippen molar-refractivity contribution in [3.8, 4) is 0 Å². The Bertz CT molecular complexity index is 839. The number of hydrogen-bond donors (Lipinski definition) is 0. The molecule has 0 atom stereocenters. The Labute approximate surface area is 155 Å². The second-order valence-corrected chi connectivity index (χ2v) is 6.43. The molecule has 0 saturated carbocycles. The molecule has 1 amide bonds. The molecule has 142 valence electrons. The quantitative estimate of drug-likeness (QED) is 0.764. The van der Waals surface area contributed by atoms with Gasteiger partial charge in [0.05, 0.1) is 11.1 Å². The summed E-state index contributed by atoms with van der Waals surface area (Å²) in [6.45, 7) is 3.19. The minimum atomic E-state index is -4.56. The fraction of sp³-hybridized carbons (Fsp3) is 0.300. The van der Waals surface area contributed by atoms with Crippen LogP contribution in [0.4, 0.5) is 18.9 Å². The van der Waals surface area contributed by atoms with Gasteiger partial charge in [0.15, 0.2) is 5.78 Å². The van der Waals surface area contributed by atoms with Crippen molar-refractivity contribution in [2.45, 2.75) is 13.1 Å². The van der Waals surface area contributed by atoms with Crippen molar-refractivity contribution in [1.82, 2.24) is 4.90 Å². The second kappa shape index (κ2) is 7.42. The number of benzene rings is 2. The van der Waals surface area contributed by atoms with Crippen LogP contribution >= 0.6 is 0 Å². The van der Waals surface area contributed by atoms with Crippen LogP contribution in [-0.4, -0.2) is 42.8 Å². The van der Waals surface area contributed by atoms with E-state index in [4.69, 9.17) is 0 Å². The van der Waals surface area contributed by atoms with Gasteiger partial charge in [0.2, 0.25) is 0 Å². The van der Waals surface area contributed by atoms with Crippen LogP contribution in [0.2, 0.25) is 0 Å². The number of Topliss-reactive ketones (excluding diaryl/α,β-unsaturated/α-hetero) is 1. The van der Waals surface area contributed by atoms with Gasteiger partial charge in [0.1, 0.15) is 0 Å². The first-order valence-electron chi connectivity index (χ1n) is 8.59. The van der Waals surface area contributed by atoms with E-state index < -0.39 is 17.6 Å². The zero-order valence-corrected chi connectivity index (χ0v) is 14.8. The zero-order valence-electron chi connectivity index (χ0n) is 14.8. The Morgan fingerprint density at radius 3 is 2.04 bits per heavy atom. The molecule has 1 saturated heterocycles. The van der Waals surface area contributed by atoms with Gasteiger partial charge in [-0.1, -0.05) is 12.1 Å². The molecule has 3 rings (SSSR count). The fourth-order valence-corrected chi connectivity index (χ4v) is 3.16. The van der Waals surface area contributed by atoms with Crippen LogP contribution in [0.15, 0.2) is 48.5 Å². The SMILES string of the molecule is CC(=O)c1ccc(N2CCN(C(=O)c3ccccc3C(F)(F)F)CC2)cc1. The van der Waals surface area contributed by atoms with Crippen LogP contribution in [0.25, 0.3) is 0 Å². The van der Waals surface area contributed by atoms with Crippen molar-refractivity contribution in [2.24, 2.45) is 0 Å². The van der Waals surface area contributed by atoms with Gasteiger partial charge in [-0.15, -0.1) is 0 Å². The minimum absolute atomic E-state index is 0.0136. The van der Waals surface area contributed by atoms with Crippen LogP contribution in [0.1, 0.15) is 33.2 Å². The monoisotopic (exact) mass is 376 g/mol. The van der Waals surface area contributed by atoms with Gasteiger partial charge in [-0.3, -0.25) is 9.59 Å². The Hall–Kier alpha value is -2.83. The van der Waals surface area contributed by atoms with E-state index in [0.29, 0.717) is 31.7 Å². The fourth-order valence-electron chi connectivity index (χ4n) is 3.16. The number of anilines is 1. The minimum Gasteiger partial charge on any atom is -0.368 e. The smallest absolute Gasteiger partial charge is 0.368 e. The molecule has 0 aromatic heterocycles. The molecule has 1 fully saturated rings. The molecule has 0 bridgehead atoms. The van der Waals surface area contributed by atoms with Crippen molar-refractivity contribution in [1.29, 1.82) is 0 Å². The Morgan fingerprint density at radius 2 is 1.48 bits per heavy atom. The molecule has 1 aliphatic heterocycles. The predicted molar refractivity (Wildman–Crippen MR) is 96.0 cm³/mol. The van der Waals surface area contributed by atoms with Crippen molar-refractivity contribution in [2.75, 3.05) is 31.1 Å². The van der Waals surface area contributed by atoms with Crippen LogP contribution in [0.3, 0.4) is 0 Å². The number of carbonyl (C=O) groups is 2. The molecule has 0 aliphatic carbocycles. The molecule has 0 spiro atoms. The number of alkyl halides is 3. The maximum atomic E-state index is 13.1. The summed E-state index contributed by atoms with van der Waals surface area (Å²) in [6.07, 6.45) is -4.56. The third-order valence-electron chi connectivity index (χ3n) is 4.67. The number of halogens is 3. The van der Waals surface area contributed by atoms with Gasteiger partial charge in [-0.2, -0.15) is 13.2 Å². The van der Waals surface area contributed by atoms with Crippen LogP contribution < -0.4 is 4.90 Å². The summed E-state index contributed by atoms with van der Waals surface area (Å²) in [5, 5.41) is 0. The number of hydrogen-bond acceptors (Lipinski definition) is 3. The van der Waals surface area contributed by atoms with Crippen molar-refractivity contribution in [3.63, 3.8) is 0 Å². The van der Waals surface area contributed by atoms with Gasteiger partial charge < -0.3 is 9.80 Å². The van der Waals surface area contributed by atoms with E-state index in [1.807, 2.05) is 17.0 Å². The summed E-state index contributed by atoms with van der Waals surface area (Å²) >= 11 is 0. The first-order chi connectivity index (χ1) is 12.8. The van der Waals surface area contributed by atoms with Gasteiger partial charge in [-0.25, -0.2) is 0 Å². The lowest BCUT2D eigenvalue weighted by molar-refractivity contribution is -0.138. The van der Waals surface area contributed by atoms with Crippen molar-refractivity contribution in [3.05, 3.63) is 65.2 Å². The number of nitrogens with zero attached hydrogens (tertiary/aromatic N) is 2. The second-order valence-electron chi connectivity index (χ2n) is 6.43. The molecule has 0 radical (unpaired) electrons. The predicted octanol–water partition coefficient (Wildman–Crippen LogP) is 3.87. The Balaban J connectivity index is 1.69. The van der Waals surface area contributed by atoms with Crippen LogP contribution in [-0.2, 0) is 6.18 Å². The van der Waals surface area contributed by atoms with E-state index in [2.05, 4.69) is 0 Å². The summed E-state index contributed by atoms with van der Waals surface area (Å²) in [5.74, 6) is -0.616. The summed E-state index contributed by atoms with van der Waals surface area (Å²) in [7, 11) is 0. The molecular weight excluding hydrogens is 357 g/mol. The topological polar surface area (TPSA) is 40.6 Å². The highest BCUT2D eigenvalue weighted by Crippen LogP contribution is 2.32. The van der Waals surface area contributed by atoms with Crippen LogP contribution in [0.5, 0.6) is 0 Å². The Kier molecular flexibility index (Phi) is 5.21. The number of piperazine rings is 1. The van der Waals surface area contributed by atoms with Gasteiger partial charge in [0.25, 0.3) is 5.91 Å².